The van der Waals surface area contributed by atoms with E-state index in [0.717, 1.165) is 29.5 Å². The van der Waals surface area contributed by atoms with E-state index in [0.29, 0.717) is 0 Å². The first kappa shape index (κ1) is 10.5. The van der Waals surface area contributed by atoms with Crippen LogP contribution in [0.1, 0.15) is 19.8 Å². The summed E-state index contributed by atoms with van der Waals surface area (Å²) in [6, 6.07) is 4.67. The van der Waals surface area contributed by atoms with Crippen molar-refractivity contribution in [3.8, 4) is 0 Å². The quantitative estimate of drug-likeness (QED) is 0.796. The molecule has 1 N–H and O–H groups in total. The Labute approximate surface area is 86.5 Å². The first-order valence-corrected chi connectivity index (χ1v) is 5.22. The van der Waals surface area contributed by atoms with E-state index in [1.807, 2.05) is 0 Å². The Morgan fingerprint density at radius 3 is 2.85 bits per heavy atom. The molecule has 72 valence electrons. The number of hydrogen-bond acceptors (Lipinski definition) is 1. The van der Waals surface area contributed by atoms with E-state index in [4.69, 9.17) is 0 Å². The van der Waals surface area contributed by atoms with Crippen molar-refractivity contribution in [2.45, 2.75) is 19.8 Å². The predicted octanol–water partition coefficient (Wildman–Crippen LogP) is 3.80. The van der Waals surface area contributed by atoms with E-state index in [2.05, 4.69) is 28.2 Å². The molecular formula is C10H13BrFN. The van der Waals surface area contributed by atoms with Crippen LogP contribution in [-0.4, -0.2) is 6.54 Å². The third kappa shape index (κ3) is 3.35. The normalized spacial score (nSPS) is 10.1. The maximum atomic E-state index is 12.7. The third-order valence-corrected chi connectivity index (χ3v) is 2.43. The molecule has 1 aromatic rings. The van der Waals surface area contributed by atoms with E-state index in [-0.39, 0.29) is 5.82 Å². The van der Waals surface area contributed by atoms with Crippen LogP contribution in [0.15, 0.2) is 22.7 Å². The largest absolute Gasteiger partial charge is 0.384 e. The van der Waals surface area contributed by atoms with Gasteiger partial charge in [0.2, 0.25) is 0 Å². The second kappa shape index (κ2) is 5.22. The standard InChI is InChI=1S/C10H13BrFN/c1-2-3-6-13-10-5-4-8(12)7-9(10)11/h4-5,7,13H,2-3,6H2,1H3. The summed E-state index contributed by atoms with van der Waals surface area (Å²) in [5.41, 5.74) is 0.954. The molecule has 0 spiro atoms. The van der Waals surface area contributed by atoms with Gasteiger partial charge in [0.25, 0.3) is 0 Å². The SMILES string of the molecule is CCCCNc1ccc(F)cc1Br. The zero-order valence-corrected chi connectivity index (χ0v) is 9.20. The average Bonchev–Trinajstić information content (AvgIpc) is 2.09. The summed E-state index contributed by atoms with van der Waals surface area (Å²) < 4.78 is 13.5. The van der Waals surface area contributed by atoms with Crippen molar-refractivity contribution in [2.75, 3.05) is 11.9 Å². The highest BCUT2D eigenvalue weighted by Gasteiger charge is 1.99. The number of unbranched alkanes of at least 4 members (excludes halogenated alkanes) is 1. The van der Waals surface area contributed by atoms with Crippen LogP contribution in [0.5, 0.6) is 0 Å². The lowest BCUT2D eigenvalue weighted by Gasteiger charge is -2.07. The monoisotopic (exact) mass is 245 g/mol. The Bertz CT molecular complexity index is 276. The van der Waals surface area contributed by atoms with Crippen molar-refractivity contribution in [1.82, 2.24) is 0 Å². The Kier molecular flexibility index (Phi) is 4.22. The minimum atomic E-state index is -0.215. The molecule has 0 heterocycles. The van der Waals surface area contributed by atoms with Crippen molar-refractivity contribution >= 4 is 21.6 Å². The molecule has 0 amide bonds. The van der Waals surface area contributed by atoms with E-state index in [1.165, 1.54) is 12.1 Å². The minimum absolute atomic E-state index is 0.215. The lowest BCUT2D eigenvalue weighted by atomic mass is 10.3. The summed E-state index contributed by atoms with van der Waals surface area (Å²) >= 11 is 3.30. The molecule has 0 aliphatic carbocycles. The molecule has 1 nitrogen and oxygen atoms in total. The van der Waals surface area contributed by atoms with Gasteiger partial charge in [-0.15, -0.1) is 0 Å². The first-order chi connectivity index (χ1) is 6.24. The van der Waals surface area contributed by atoms with Crippen LogP contribution < -0.4 is 5.32 Å². The molecule has 0 bridgehead atoms. The van der Waals surface area contributed by atoms with Gasteiger partial charge >= 0.3 is 0 Å². The zero-order valence-electron chi connectivity index (χ0n) is 7.61. The smallest absolute Gasteiger partial charge is 0.124 e. The van der Waals surface area contributed by atoms with Crippen molar-refractivity contribution in [3.05, 3.63) is 28.5 Å². The number of benzene rings is 1. The molecule has 0 aliphatic rings. The van der Waals surface area contributed by atoms with Gasteiger partial charge in [-0.25, -0.2) is 4.39 Å². The highest BCUT2D eigenvalue weighted by Crippen LogP contribution is 2.22. The van der Waals surface area contributed by atoms with Gasteiger partial charge in [-0.2, -0.15) is 0 Å². The lowest BCUT2D eigenvalue weighted by Crippen LogP contribution is -2.01. The summed E-state index contributed by atoms with van der Waals surface area (Å²) in [5.74, 6) is -0.215. The van der Waals surface area contributed by atoms with Crippen LogP contribution >= 0.6 is 15.9 Å². The Balaban J connectivity index is 2.56. The first-order valence-electron chi connectivity index (χ1n) is 4.43. The molecule has 13 heavy (non-hydrogen) atoms. The van der Waals surface area contributed by atoms with E-state index < -0.39 is 0 Å². The van der Waals surface area contributed by atoms with Gasteiger partial charge in [-0.3, -0.25) is 0 Å². The van der Waals surface area contributed by atoms with Gasteiger partial charge in [0.05, 0.1) is 0 Å². The van der Waals surface area contributed by atoms with Gasteiger partial charge in [-0.1, -0.05) is 13.3 Å². The number of nitrogens with one attached hydrogen (secondary N) is 1. The Morgan fingerprint density at radius 2 is 2.23 bits per heavy atom. The van der Waals surface area contributed by atoms with Crippen LogP contribution in [-0.2, 0) is 0 Å². The van der Waals surface area contributed by atoms with Gasteiger partial charge in [0.15, 0.2) is 0 Å². The van der Waals surface area contributed by atoms with Crippen LogP contribution in [0.4, 0.5) is 10.1 Å². The molecule has 0 unspecified atom stereocenters. The maximum absolute atomic E-state index is 12.7. The van der Waals surface area contributed by atoms with E-state index >= 15 is 0 Å². The van der Waals surface area contributed by atoms with Crippen molar-refractivity contribution in [3.63, 3.8) is 0 Å². The summed E-state index contributed by atoms with van der Waals surface area (Å²) in [6.45, 7) is 3.07. The zero-order chi connectivity index (χ0) is 9.68. The maximum Gasteiger partial charge on any atom is 0.124 e. The van der Waals surface area contributed by atoms with E-state index in [1.54, 1.807) is 6.07 Å². The second-order valence-corrected chi connectivity index (χ2v) is 3.76. The minimum Gasteiger partial charge on any atom is -0.384 e. The number of rotatable bonds is 4. The van der Waals surface area contributed by atoms with Crippen LogP contribution in [0.25, 0.3) is 0 Å². The van der Waals surface area contributed by atoms with Gasteiger partial charge in [-0.05, 0) is 40.5 Å². The molecule has 0 aliphatic heterocycles. The summed E-state index contributed by atoms with van der Waals surface area (Å²) in [5, 5.41) is 3.23. The highest BCUT2D eigenvalue weighted by molar-refractivity contribution is 9.10. The molecule has 0 aromatic heterocycles. The van der Waals surface area contributed by atoms with Crippen molar-refractivity contribution < 1.29 is 4.39 Å². The number of anilines is 1. The van der Waals surface area contributed by atoms with Gasteiger partial charge in [0, 0.05) is 16.7 Å². The van der Waals surface area contributed by atoms with Gasteiger partial charge < -0.3 is 5.32 Å². The number of halogens is 2. The molecule has 0 atom stereocenters. The summed E-state index contributed by atoms with van der Waals surface area (Å²) in [7, 11) is 0. The molecule has 0 saturated heterocycles. The molecule has 0 saturated carbocycles. The molecule has 0 radical (unpaired) electrons. The third-order valence-electron chi connectivity index (χ3n) is 1.78. The molecular weight excluding hydrogens is 233 g/mol. The fraction of sp³-hybridized carbons (Fsp3) is 0.400. The average molecular weight is 246 g/mol. The van der Waals surface area contributed by atoms with E-state index in [9.17, 15) is 4.39 Å². The summed E-state index contributed by atoms with van der Waals surface area (Å²) in [4.78, 5) is 0. The van der Waals surface area contributed by atoms with Gasteiger partial charge in [0.1, 0.15) is 5.82 Å². The lowest BCUT2D eigenvalue weighted by molar-refractivity contribution is 0.627. The molecule has 1 aromatic carbocycles. The highest BCUT2D eigenvalue weighted by atomic mass is 79.9. The van der Waals surface area contributed by atoms with Crippen LogP contribution in [0.2, 0.25) is 0 Å². The topological polar surface area (TPSA) is 12.0 Å². The Hall–Kier alpha value is -0.570. The van der Waals surface area contributed by atoms with Crippen molar-refractivity contribution in [1.29, 1.82) is 0 Å². The predicted molar refractivity (Wildman–Crippen MR) is 57.5 cm³/mol. The molecule has 0 fully saturated rings. The van der Waals surface area contributed by atoms with Crippen LogP contribution in [0.3, 0.4) is 0 Å². The van der Waals surface area contributed by atoms with Crippen molar-refractivity contribution in [2.24, 2.45) is 0 Å². The Morgan fingerprint density at radius 1 is 1.46 bits per heavy atom. The molecule has 1 rings (SSSR count). The van der Waals surface area contributed by atoms with Crippen LogP contribution in [0, 0.1) is 5.82 Å². The number of hydrogen-bond donors (Lipinski definition) is 1. The second-order valence-electron chi connectivity index (χ2n) is 2.90. The fourth-order valence-electron chi connectivity index (χ4n) is 1.03. The summed E-state index contributed by atoms with van der Waals surface area (Å²) in [6.07, 6.45) is 2.29. The fourth-order valence-corrected chi connectivity index (χ4v) is 1.52. The molecule has 3 heteroatoms.